The molecule has 7 heteroatoms. The minimum absolute atomic E-state index is 0.0600. The van der Waals surface area contributed by atoms with Crippen LogP contribution in [-0.2, 0) is 9.53 Å². The molecule has 0 radical (unpaired) electrons. The summed E-state index contributed by atoms with van der Waals surface area (Å²) in [5, 5.41) is 5.49. The minimum atomic E-state index is -0.616. The Morgan fingerprint density at radius 2 is 1.78 bits per heavy atom. The normalized spacial score (nSPS) is 20.6. The van der Waals surface area contributed by atoms with Gasteiger partial charge in [-0.2, -0.15) is 0 Å². The number of methoxy groups -OCH3 is 2. The molecule has 0 spiro atoms. The highest BCUT2D eigenvalue weighted by molar-refractivity contribution is 5.95. The number of amides is 2. The van der Waals surface area contributed by atoms with Crippen molar-refractivity contribution in [1.82, 2.24) is 10.6 Å². The Kier molecular flexibility index (Phi) is 5.88. The van der Waals surface area contributed by atoms with Crippen molar-refractivity contribution < 1.29 is 23.8 Å². The third-order valence-electron chi connectivity index (χ3n) is 5.06. The van der Waals surface area contributed by atoms with E-state index in [-0.39, 0.29) is 12.1 Å². The molecule has 1 unspecified atom stereocenters. The van der Waals surface area contributed by atoms with Crippen molar-refractivity contribution in [2.24, 2.45) is 0 Å². The van der Waals surface area contributed by atoms with Crippen molar-refractivity contribution in [3.05, 3.63) is 35.0 Å². The summed E-state index contributed by atoms with van der Waals surface area (Å²) in [7, 11) is 3.10. The van der Waals surface area contributed by atoms with Crippen LogP contribution >= 0.6 is 0 Å². The fourth-order valence-corrected chi connectivity index (χ4v) is 3.64. The maximum absolute atomic E-state index is 12.9. The topological polar surface area (TPSA) is 85.9 Å². The van der Waals surface area contributed by atoms with Crippen LogP contribution in [0.25, 0.3) is 0 Å². The van der Waals surface area contributed by atoms with E-state index in [2.05, 4.69) is 10.6 Å². The van der Waals surface area contributed by atoms with Gasteiger partial charge in [0.25, 0.3) is 0 Å². The molecule has 1 aromatic carbocycles. The molecule has 1 fully saturated rings. The number of allylic oxidation sites excluding steroid dienone is 1. The highest BCUT2D eigenvalue weighted by Crippen LogP contribution is 2.35. The van der Waals surface area contributed by atoms with Gasteiger partial charge in [0.1, 0.15) is 6.10 Å². The van der Waals surface area contributed by atoms with Crippen molar-refractivity contribution in [2.45, 2.75) is 51.2 Å². The van der Waals surface area contributed by atoms with E-state index in [1.54, 1.807) is 39.3 Å². The van der Waals surface area contributed by atoms with Gasteiger partial charge in [-0.25, -0.2) is 9.59 Å². The molecule has 1 aliphatic carbocycles. The van der Waals surface area contributed by atoms with Gasteiger partial charge >= 0.3 is 12.0 Å². The van der Waals surface area contributed by atoms with Crippen LogP contribution in [0.1, 0.15) is 50.6 Å². The number of nitrogens with one attached hydrogen (secondary N) is 2. The Balaban J connectivity index is 1.90. The molecule has 146 valence electrons. The maximum atomic E-state index is 12.9. The van der Waals surface area contributed by atoms with Crippen molar-refractivity contribution >= 4 is 12.0 Å². The van der Waals surface area contributed by atoms with Gasteiger partial charge in [-0.15, -0.1) is 0 Å². The number of benzene rings is 1. The molecule has 2 aliphatic rings. The van der Waals surface area contributed by atoms with Crippen LogP contribution in [0.2, 0.25) is 0 Å². The first kappa shape index (κ1) is 19.1. The van der Waals surface area contributed by atoms with Crippen LogP contribution < -0.4 is 20.1 Å². The molecule has 1 aliphatic heterocycles. The van der Waals surface area contributed by atoms with E-state index in [0.717, 1.165) is 31.2 Å². The van der Waals surface area contributed by atoms with Gasteiger partial charge in [0.2, 0.25) is 0 Å². The average Bonchev–Trinajstić information content (AvgIpc) is 2.67. The van der Waals surface area contributed by atoms with E-state index in [9.17, 15) is 9.59 Å². The fourth-order valence-electron chi connectivity index (χ4n) is 3.64. The quantitative estimate of drug-likeness (QED) is 0.773. The van der Waals surface area contributed by atoms with Crippen LogP contribution in [0.3, 0.4) is 0 Å². The molecule has 7 nitrogen and oxygen atoms in total. The zero-order valence-electron chi connectivity index (χ0n) is 16.0. The standard InChI is InChI=1S/C20H26N2O5/c1-12-17(19(23)27-14-7-5-4-6-8-14)18(22-20(24)21-12)13-9-10-15(25-2)16(11-13)26-3/h9-11,14,18H,4-8H2,1-3H3,(H2,21,22,24). The Morgan fingerprint density at radius 1 is 1.07 bits per heavy atom. The predicted octanol–water partition coefficient (Wildman–Crippen LogP) is 3.21. The molecule has 0 aromatic heterocycles. The SMILES string of the molecule is COc1ccc(C2NC(=O)NC(C)=C2C(=O)OC2CCCCC2)cc1OC. The van der Waals surface area contributed by atoms with Gasteiger partial charge in [0.15, 0.2) is 11.5 Å². The number of carbonyl (C=O) groups excluding carboxylic acids is 2. The first-order chi connectivity index (χ1) is 13.0. The largest absolute Gasteiger partial charge is 0.493 e. The minimum Gasteiger partial charge on any atom is -0.493 e. The first-order valence-electron chi connectivity index (χ1n) is 9.24. The molecule has 3 rings (SSSR count). The van der Waals surface area contributed by atoms with Crippen molar-refractivity contribution in [2.75, 3.05) is 14.2 Å². The molecule has 1 heterocycles. The van der Waals surface area contributed by atoms with Gasteiger partial charge in [0.05, 0.1) is 25.8 Å². The van der Waals surface area contributed by atoms with E-state index < -0.39 is 12.0 Å². The summed E-state index contributed by atoms with van der Waals surface area (Å²) in [6, 6.07) is 4.34. The highest BCUT2D eigenvalue weighted by Gasteiger charge is 2.34. The second kappa shape index (κ2) is 8.33. The third-order valence-corrected chi connectivity index (χ3v) is 5.06. The van der Waals surface area contributed by atoms with E-state index in [0.29, 0.717) is 22.8 Å². The maximum Gasteiger partial charge on any atom is 0.338 e. The summed E-state index contributed by atoms with van der Waals surface area (Å²) >= 11 is 0. The number of esters is 1. The number of carbonyl (C=O) groups is 2. The summed E-state index contributed by atoms with van der Waals surface area (Å²) in [6.07, 6.45) is 5.04. The Bertz CT molecular complexity index is 753. The lowest BCUT2D eigenvalue weighted by atomic mass is 9.94. The Morgan fingerprint density at radius 3 is 2.44 bits per heavy atom. The lowest BCUT2D eigenvalue weighted by molar-refractivity contribution is -0.146. The fraction of sp³-hybridized carbons (Fsp3) is 0.500. The van der Waals surface area contributed by atoms with Crippen LogP contribution in [0.4, 0.5) is 4.79 Å². The zero-order valence-corrected chi connectivity index (χ0v) is 16.0. The molecular formula is C20H26N2O5. The lowest BCUT2D eigenvalue weighted by Crippen LogP contribution is -2.45. The Hall–Kier alpha value is -2.70. The number of rotatable bonds is 5. The molecule has 2 amide bonds. The van der Waals surface area contributed by atoms with Crippen molar-refractivity contribution in [3.63, 3.8) is 0 Å². The molecule has 27 heavy (non-hydrogen) atoms. The molecule has 1 saturated carbocycles. The highest BCUT2D eigenvalue weighted by atomic mass is 16.5. The van der Waals surface area contributed by atoms with Crippen molar-refractivity contribution in [3.8, 4) is 11.5 Å². The smallest absolute Gasteiger partial charge is 0.338 e. The van der Waals surface area contributed by atoms with Gasteiger partial charge in [0, 0.05) is 5.70 Å². The van der Waals surface area contributed by atoms with E-state index >= 15 is 0 Å². The monoisotopic (exact) mass is 374 g/mol. The van der Waals surface area contributed by atoms with Crippen LogP contribution in [0.15, 0.2) is 29.5 Å². The van der Waals surface area contributed by atoms with Gasteiger partial charge in [-0.1, -0.05) is 12.5 Å². The van der Waals surface area contributed by atoms with Crippen molar-refractivity contribution in [1.29, 1.82) is 0 Å². The number of hydrogen-bond donors (Lipinski definition) is 2. The van der Waals surface area contributed by atoms with Gasteiger partial charge in [-0.3, -0.25) is 0 Å². The summed E-state index contributed by atoms with van der Waals surface area (Å²) in [5.74, 6) is 0.709. The summed E-state index contributed by atoms with van der Waals surface area (Å²) in [4.78, 5) is 24.9. The number of ether oxygens (including phenoxy) is 3. The molecule has 0 bridgehead atoms. The molecule has 2 N–H and O–H groups in total. The van der Waals surface area contributed by atoms with E-state index in [1.165, 1.54) is 6.42 Å². The third kappa shape index (κ3) is 4.18. The summed E-state index contributed by atoms with van der Waals surface area (Å²) in [6.45, 7) is 1.71. The van der Waals surface area contributed by atoms with E-state index in [4.69, 9.17) is 14.2 Å². The van der Waals surface area contributed by atoms with Crippen LogP contribution in [0, 0.1) is 0 Å². The Labute approximate surface area is 159 Å². The van der Waals surface area contributed by atoms with Gasteiger partial charge < -0.3 is 24.8 Å². The molecule has 0 saturated heterocycles. The summed E-state index contributed by atoms with van der Waals surface area (Å²) < 4.78 is 16.4. The number of hydrogen-bond acceptors (Lipinski definition) is 5. The van der Waals surface area contributed by atoms with Crippen LogP contribution in [0.5, 0.6) is 11.5 Å². The average molecular weight is 374 g/mol. The number of urea groups is 1. The van der Waals surface area contributed by atoms with E-state index in [1.807, 2.05) is 0 Å². The molecular weight excluding hydrogens is 348 g/mol. The predicted molar refractivity (Wildman–Crippen MR) is 99.6 cm³/mol. The molecule has 1 aromatic rings. The molecule has 1 atom stereocenters. The van der Waals surface area contributed by atoms with Crippen LogP contribution in [-0.4, -0.2) is 32.3 Å². The first-order valence-corrected chi connectivity index (χ1v) is 9.24. The van der Waals surface area contributed by atoms with Gasteiger partial charge in [-0.05, 0) is 50.3 Å². The lowest BCUT2D eigenvalue weighted by Gasteiger charge is -2.30. The second-order valence-corrected chi connectivity index (χ2v) is 6.85. The summed E-state index contributed by atoms with van der Waals surface area (Å²) in [5.41, 5.74) is 1.63. The second-order valence-electron chi connectivity index (χ2n) is 6.85. The zero-order chi connectivity index (χ0) is 19.4.